The van der Waals surface area contributed by atoms with Gasteiger partial charge in [-0.2, -0.15) is 0 Å². The van der Waals surface area contributed by atoms with E-state index in [0.717, 1.165) is 0 Å². The molecule has 0 aliphatic heterocycles. The van der Waals surface area contributed by atoms with Gasteiger partial charge in [0.2, 0.25) is 0 Å². The maximum Gasteiger partial charge on any atom is 0.330 e. The Morgan fingerprint density at radius 3 is 2.57 bits per heavy atom. The molecule has 0 saturated heterocycles. The highest BCUT2D eigenvalue weighted by Crippen LogP contribution is 2.22. The molecular weight excluding hydrogens is 296 g/mol. The number of rotatable bonds is 2. The third-order valence-corrected chi connectivity index (χ3v) is 3.25. The Kier molecular flexibility index (Phi) is 3.09. The zero-order valence-electron chi connectivity index (χ0n) is 11.2. The molecule has 0 aliphatic rings. The zero-order valence-corrected chi connectivity index (χ0v) is 12.0. The van der Waals surface area contributed by atoms with Gasteiger partial charge in [0.15, 0.2) is 16.6 Å². The molecule has 0 aliphatic carbocycles. The number of aromatic nitrogens is 6. The van der Waals surface area contributed by atoms with Gasteiger partial charge in [-0.15, -0.1) is 0 Å². The molecule has 0 bridgehead atoms. The first-order valence-corrected chi connectivity index (χ1v) is 6.58. The Morgan fingerprint density at radius 1 is 1.19 bits per heavy atom. The quantitative estimate of drug-likeness (QED) is 0.737. The van der Waals surface area contributed by atoms with Crippen LogP contribution in [-0.4, -0.2) is 29.5 Å². The van der Waals surface area contributed by atoms with E-state index < -0.39 is 11.2 Å². The number of fused-ring (bicyclic) bond motifs is 1. The van der Waals surface area contributed by atoms with Crippen LogP contribution in [0.15, 0.2) is 22.0 Å². The lowest BCUT2D eigenvalue weighted by atomic mass is 10.4. The molecule has 0 spiro atoms. The van der Waals surface area contributed by atoms with Gasteiger partial charge in [-0.05, 0) is 13.8 Å². The lowest BCUT2D eigenvalue weighted by molar-refractivity contribution is 0.580. The molecule has 108 valence electrons. The predicted octanol–water partition coefficient (Wildman–Crippen LogP) is 1.10. The molecule has 0 atom stereocenters. The van der Waals surface area contributed by atoms with Crippen LogP contribution >= 0.6 is 11.6 Å². The van der Waals surface area contributed by atoms with Gasteiger partial charge in [0.1, 0.15) is 11.2 Å². The zero-order chi connectivity index (χ0) is 15.1. The van der Waals surface area contributed by atoms with Crippen LogP contribution in [0.2, 0.25) is 5.15 Å². The minimum atomic E-state index is -0.536. The van der Waals surface area contributed by atoms with E-state index in [2.05, 4.69) is 24.9 Å². The van der Waals surface area contributed by atoms with Crippen LogP contribution < -0.4 is 11.2 Å². The third-order valence-electron chi connectivity index (χ3n) is 2.97. The summed E-state index contributed by atoms with van der Waals surface area (Å²) < 4.78 is 1.39. The van der Waals surface area contributed by atoms with Gasteiger partial charge in [-0.1, -0.05) is 11.6 Å². The van der Waals surface area contributed by atoms with E-state index in [-0.39, 0.29) is 28.2 Å². The van der Waals surface area contributed by atoms with E-state index in [1.165, 1.54) is 17.0 Å². The number of aromatic amines is 2. The van der Waals surface area contributed by atoms with Crippen LogP contribution in [0.25, 0.3) is 22.7 Å². The number of halogens is 1. The van der Waals surface area contributed by atoms with E-state index in [0.29, 0.717) is 5.69 Å². The largest absolute Gasteiger partial charge is 0.331 e. The molecule has 0 radical (unpaired) electrons. The van der Waals surface area contributed by atoms with Gasteiger partial charge in [-0.25, -0.2) is 19.7 Å². The highest BCUT2D eigenvalue weighted by Gasteiger charge is 2.17. The van der Waals surface area contributed by atoms with Crippen molar-refractivity contribution in [3.05, 3.63) is 38.4 Å². The standard InChI is InChI=1S/C12H11ClN6O2/c1-5(2)19-10-7(11(20)18-12(19)21)16-9(17-10)6-8(13)15-4-3-14-6/h3-5H,1-2H3,(H,16,17)(H,18,20,21). The lowest BCUT2D eigenvalue weighted by Crippen LogP contribution is -2.31. The van der Waals surface area contributed by atoms with Crippen molar-refractivity contribution in [2.75, 3.05) is 0 Å². The normalized spacial score (nSPS) is 11.4. The summed E-state index contributed by atoms with van der Waals surface area (Å²) in [5.74, 6) is 0.286. The van der Waals surface area contributed by atoms with E-state index in [1.807, 2.05) is 13.8 Å². The first kappa shape index (κ1) is 13.5. The highest BCUT2D eigenvalue weighted by molar-refractivity contribution is 6.31. The fraction of sp³-hybridized carbons (Fsp3) is 0.250. The first-order valence-electron chi connectivity index (χ1n) is 6.20. The average molecular weight is 307 g/mol. The summed E-state index contributed by atoms with van der Waals surface area (Å²) in [5, 5.41) is 0.159. The smallest absolute Gasteiger partial charge is 0.330 e. The summed E-state index contributed by atoms with van der Waals surface area (Å²) in [6.45, 7) is 3.64. The fourth-order valence-corrected chi connectivity index (χ4v) is 2.28. The number of nitrogens with one attached hydrogen (secondary N) is 2. The number of hydrogen-bond donors (Lipinski definition) is 2. The van der Waals surface area contributed by atoms with Gasteiger partial charge in [0, 0.05) is 18.4 Å². The summed E-state index contributed by atoms with van der Waals surface area (Å²) in [7, 11) is 0. The second-order valence-corrected chi connectivity index (χ2v) is 5.06. The van der Waals surface area contributed by atoms with Crippen LogP contribution in [0.1, 0.15) is 19.9 Å². The average Bonchev–Trinajstić information content (AvgIpc) is 2.83. The second kappa shape index (κ2) is 4.81. The molecule has 0 unspecified atom stereocenters. The molecule has 0 aromatic carbocycles. The summed E-state index contributed by atoms with van der Waals surface area (Å²) in [5.41, 5.74) is -0.274. The number of hydrogen-bond acceptors (Lipinski definition) is 5. The van der Waals surface area contributed by atoms with Crippen molar-refractivity contribution in [3.63, 3.8) is 0 Å². The maximum absolute atomic E-state index is 11.9. The van der Waals surface area contributed by atoms with Crippen LogP contribution in [0.5, 0.6) is 0 Å². The Bertz CT molecular complexity index is 939. The van der Waals surface area contributed by atoms with Gasteiger partial charge in [0.25, 0.3) is 5.56 Å². The molecule has 0 saturated carbocycles. The number of imidazole rings is 1. The Labute approximate surface area is 122 Å². The van der Waals surface area contributed by atoms with Crippen molar-refractivity contribution in [1.82, 2.24) is 29.5 Å². The number of nitrogens with zero attached hydrogens (tertiary/aromatic N) is 4. The van der Waals surface area contributed by atoms with Crippen molar-refractivity contribution < 1.29 is 0 Å². The van der Waals surface area contributed by atoms with E-state index in [9.17, 15) is 9.59 Å². The molecule has 0 amide bonds. The molecule has 21 heavy (non-hydrogen) atoms. The molecule has 0 fully saturated rings. The molecule has 3 aromatic heterocycles. The van der Waals surface area contributed by atoms with Crippen molar-refractivity contribution in [1.29, 1.82) is 0 Å². The van der Waals surface area contributed by atoms with Crippen molar-refractivity contribution >= 4 is 22.8 Å². The first-order chi connectivity index (χ1) is 9.99. The lowest BCUT2D eigenvalue weighted by Gasteiger charge is -2.08. The molecule has 8 nitrogen and oxygen atoms in total. The van der Waals surface area contributed by atoms with Gasteiger partial charge < -0.3 is 4.98 Å². The Morgan fingerprint density at radius 2 is 1.90 bits per heavy atom. The predicted molar refractivity (Wildman–Crippen MR) is 77.4 cm³/mol. The topological polar surface area (TPSA) is 109 Å². The fourth-order valence-electron chi connectivity index (χ4n) is 2.08. The molecule has 3 heterocycles. The van der Waals surface area contributed by atoms with Crippen LogP contribution in [0.3, 0.4) is 0 Å². The Hall–Kier alpha value is -2.48. The SMILES string of the molecule is CC(C)n1c(=O)[nH]c(=O)c2[nH]c(-c3nccnc3Cl)nc21. The van der Waals surface area contributed by atoms with Crippen molar-refractivity contribution in [2.24, 2.45) is 0 Å². The van der Waals surface area contributed by atoms with Crippen LogP contribution in [-0.2, 0) is 0 Å². The van der Waals surface area contributed by atoms with Crippen molar-refractivity contribution in [3.8, 4) is 11.5 Å². The molecule has 3 rings (SSSR count). The third kappa shape index (κ3) is 2.13. The molecule has 9 heteroatoms. The minimum Gasteiger partial charge on any atom is -0.331 e. The molecule has 2 N–H and O–H groups in total. The maximum atomic E-state index is 11.9. The second-order valence-electron chi connectivity index (χ2n) is 4.70. The summed E-state index contributed by atoms with van der Waals surface area (Å²) in [4.78, 5) is 41.2. The highest BCUT2D eigenvalue weighted by atomic mass is 35.5. The van der Waals surface area contributed by atoms with E-state index in [1.54, 1.807) is 0 Å². The van der Waals surface area contributed by atoms with E-state index in [4.69, 9.17) is 11.6 Å². The Balaban J connectivity index is 2.38. The minimum absolute atomic E-state index is 0.159. The van der Waals surface area contributed by atoms with Gasteiger partial charge in [0.05, 0.1) is 0 Å². The monoisotopic (exact) mass is 306 g/mol. The van der Waals surface area contributed by atoms with Crippen LogP contribution in [0.4, 0.5) is 0 Å². The van der Waals surface area contributed by atoms with Crippen LogP contribution in [0, 0.1) is 0 Å². The molecule has 3 aromatic rings. The van der Waals surface area contributed by atoms with E-state index >= 15 is 0 Å². The summed E-state index contributed by atoms with van der Waals surface area (Å²) in [6.07, 6.45) is 2.92. The summed E-state index contributed by atoms with van der Waals surface area (Å²) in [6, 6.07) is -0.162. The van der Waals surface area contributed by atoms with Gasteiger partial charge >= 0.3 is 5.69 Å². The molecular formula is C12H11ClN6O2. The van der Waals surface area contributed by atoms with Gasteiger partial charge in [-0.3, -0.25) is 14.3 Å². The number of H-pyrrole nitrogens is 2. The van der Waals surface area contributed by atoms with Crippen molar-refractivity contribution in [2.45, 2.75) is 19.9 Å². The summed E-state index contributed by atoms with van der Waals surface area (Å²) >= 11 is 5.97.